The van der Waals surface area contributed by atoms with Gasteiger partial charge in [0.15, 0.2) is 0 Å². The van der Waals surface area contributed by atoms with E-state index in [0.29, 0.717) is 12.8 Å². The van der Waals surface area contributed by atoms with Crippen LogP contribution in [0.1, 0.15) is 19.8 Å². The Bertz CT molecular complexity index is 232. The van der Waals surface area contributed by atoms with Gasteiger partial charge >= 0.3 is 5.97 Å². The molecule has 0 aliphatic heterocycles. The molecule has 0 radical (unpaired) electrons. The lowest BCUT2D eigenvalue weighted by Crippen LogP contribution is -2.62. The van der Waals surface area contributed by atoms with Crippen molar-refractivity contribution < 1.29 is 19.8 Å². The van der Waals surface area contributed by atoms with Crippen LogP contribution in [0.2, 0.25) is 0 Å². The highest BCUT2D eigenvalue weighted by atomic mass is 16.4. The van der Waals surface area contributed by atoms with Gasteiger partial charge in [0.05, 0.1) is 0 Å². The van der Waals surface area contributed by atoms with Gasteiger partial charge in [-0.2, -0.15) is 0 Å². The molecule has 0 unspecified atom stereocenters. The molecule has 0 saturated heterocycles. The van der Waals surface area contributed by atoms with Crippen LogP contribution in [0, 0.1) is 5.92 Å². The molecule has 0 aromatic carbocycles. The summed E-state index contributed by atoms with van der Waals surface area (Å²) < 4.78 is 0. The van der Waals surface area contributed by atoms with Crippen LogP contribution >= 0.6 is 0 Å². The topological polar surface area (TPSA) is 86.6 Å². The predicted octanol–water partition coefficient (Wildman–Crippen LogP) is -0.652. The summed E-state index contributed by atoms with van der Waals surface area (Å²) in [6, 6.07) is 0. The maximum atomic E-state index is 10.8. The molecule has 5 nitrogen and oxygen atoms in total. The number of hydrogen-bond donors (Lipinski definition) is 3. The summed E-state index contributed by atoms with van der Waals surface area (Å²) in [5.74, 6) is -1.37. The van der Waals surface area contributed by atoms with Crippen LogP contribution < -0.4 is 5.32 Å². The van der Waals surface area contributed by atoms with Gasteiger partial charge < -0.3 is 15.5 Å². The molecule has 1 saturated carbocycles. The van der Waals surface area contributed by atoms with Crippen LogP contribution in [0.5, 0.6) is 0 Å². The molecule has 1 amide bonds. The van der Waals surface area contributed by atoms with Crippen molar-refractivity contribution in [3.63, 3.8) is 0 Å². The molecule has 13 heavy (non-hydrogen) atoms. The Morgan fingerprint density at radius 3 is 2.38 bits per heavy atom. The molecule has 0 aromatic rings. The molecule has 5 heteroatoms. The van der Waals surface area contributed by atoms with E-state index in [4.69, 9.17) is 10.2 Å². The van der Waals surface area contributed by atoms with E-state index in [1.54, 1.807) is 0 Å². The monoisotopic (exact) mass is 187 g/mol. The van der Waals surface area contributed by atoms with Crippen molar-refractivity contribution in [1.29, 1.82) is 0 Å². The minimum atomic E-state index is -1.13. The average molecular weight is 187 g/mol. The standard InChI is InChI=1S/C8H13NO4/c1-5(11)9-8(7(12)13)2-6(3-8)4-10/h6,10H,2-4H2,1H3,(H,9,11)(H,12,13). The molecular formula is C8H13NO4. The molecule has 0 bridgehead atoms. The maximum Gasteiger partial charge on any atom is 0.329 e. The van der Waals surface area contributed by atoms with Crippen LogP contribution in [0.25, 0.3) is 0 Å². The van der Waals surface area contributed by atoms with Crippen molar-refractivity contribution in [2.24, 2.45) is 5.92 Å². The quantitative estimate of drug-likeness (QED) is 0.548. The Morgan fingerprint density at radius 2 is 2.08 bits per heavy atom. The number of aliphatic hydroxyl groups excluding tert-OH is 1. The van der Waals surface area contributed by atoms with Gasteiger partial charge in [0.25, 0.3) is 0 Å². The number of hydrogen-bond acceptors (Lipinski definition) is 3. The third-order valence-corrected chi connectivity index (χ3v) is 2.36. The summed E-state index contributed by atoms with van der Waals surface area (Å²) in [6.45, 7) is 1.27. The summed E-state index contributed by atoms with van der Waals surface area (Å²) in [7, 11) is 0. The van der Waals surface area contributed by atoms with E-state index in [1.165, 1.54) is 6.92 Å². The Labute approximate surface area is 75.7 Å². The molecule has 0 spiro atoms. The number of rotatable bonds is 3. The molecule has 1 fully saturated rings. The van der Waals surface area contributed by atoms with Crippen molar-refractivity contribution in [1.82, 2.24) is 5.32 Å². The lowest BCUT2D eigenvalue weighted by molar-refractivity contribution is -0.155. The lowest BCUT2D eigenvalue weighted by atomic mass is 9.68. The summed E-state index contributed by atoms with van der Waals surface area (Å²) >= 11 is 0. The zero-order valence-corrected chi connectivity index (χ0v) is 7.41. The first-order chi connectivity index (χ1) is 6.00. The van der Waals surface area contributed by atoms with E-state index in [-0.39, 0.29) is 18.4 Å². The van der Waals surface area contributed by atoms with Crippen molar-refractivity contribution in [3.8, 4) is 0 Å². The molecule has 3 N–H and O–H groups in total. The van der Waals surface area contributed by atoms with E-state index in [1.807, 2.05) is 0 Å². The fourth-order valence-electron chi connectivity index (χ4n) is 1.72. The first kappa shape index (κ1) is 9.98. The summed E-state index contributed by atoms with van der Waals surface area (Å²) in [5, 5.41) is 20.0. The molecule has 1 aliphatic rings. The molecule has 0 heterocycles. The van der Waals surface area contributed by atoms with Crippen molar-refractivity contribution in [2.45, 2.75) is 25.3 Å². The van der Waals surface area contributed by atoms with Crippen LogP contribution in [-0.2, 0) is 9.59 Å². The summed E-state index contributed by atoms with van der Waals surface area (Å²) in [4.78, 5) is 21.5. The van der Waals surface area contributed by atoms with Crippen molar-refractivity contribution in [3.05, 3.63) is 0 Å². The number of aliphatic carboxylic acids is 1. The number of carboxylic acid groups (broad SMARTS) is 1. The van der Waals surface area contributed by atoms with E-state index in [2.05, 4.69) is 5.32 Å². The van der Waals surface area contributed by atoms with Crippen LogP contribution in [0.4, 0.5) is 0 Å². The van der Waals surface area contributed by atoms with E-state index in [9.17, 15) is 9.59 Å². The lowest BCUT2D eigenvalue weighted by Gasteiger charge is -2.43. The Hall–Kier alpha value is -1.10. The van der Waals surface area contributed by atoms with Gasteiger partial charge in [0.2, 0.25) is 5.91 Å². The number of amides is 1. The normalized spacial score (nSPS) is 32.0. The number of carbonyl (C=O) groups excluding carboxylic acids is 1. The zero-order chi connectivity index (χ0) is 10.1. The molecule has 0 aromatic heterocycles. The SMILES string of the molecule is CC(=O)NC1(C(=O)O)CC(CO)C1. The molecule has 0 atom stereocenters. The second-order valence-electron chi connectivity index (χ2n) is 3.53. The number of nitrogens with one attached hydrogen (secondary N) is 1. The van der Waals surface area contributed by atoms with Gasteiger partial charge in [-0.15, -0.1) is 0 Å². The Kier molecular flexibility index (Phi) is 2.56. The first-order valence-electron chi connectivity index (χ1n) is 4.13. The van der Waals surface area contributed by atoms with Gasteiger partial charge in [-0.05, 0) is 18.8 Å². The molecule has 1 rings (SSSR count). The van der Waals surface area contributed by atoms with E-state index >= 15 is 0 Å². The van der Waals surface area contributed by atoms with Gasteiger partial charge in [-0.1, -0.05) is 0 Å². The average Bonchev–Trinajstić information content (AvgIpc) is 1.94. The van der Waals surface area contributed by atoms with Crippen LogP contribution in [0.3, 0.4) is 0 Å². The Morgan fingerprint density at radius 1 is 1.54 bits per heavy atom. The second-order valence-corrected chi connectivity index (χ2v) is 3.53. The fourth-order valence-corrected chi connectivity index (χ4v) is 1.72. The smallest absolute Gasteiger partial charge is 0.329 e. The number of carboxylic acids is 1. The number of carbonyl (C=O) groups is 2. The molecule has 74 valence electrons. The van der Waals surface area contributed by atoms with Crippen LogP contribution in [0.15, 0.2) is 0 Å². The van der Waals surface area contributed by atoms with Gasteiger partial charge in [0.1, 0.15) is 5.54 Å². The minimum Gasteiger partial charge on any atom is -0.480 e. The van der Waals surface area contributed by atoms with Gasteiger partial charge in [0, 0.05) is 13.5 Å². The maximum absolute atomic E-state index is 10.8. The largest absolute Gasteiger partial charge is 0.480 e. The highest BCUT2D eigenvalue weighted by Gasteiger charge is 2.50. The third kappa shape index (κ3) is 1.80. The predicted molar refractivity (Wildman–Crippen MR) is 44.0 cm³/mol. The molecular weight excluding hydrogens is 174 g/mol. The van der Waals surface area contributed by atoms with Crippen LogP contribution in [-0.4, -0.2) is 34.2 Å². The fraction of sp³-hybridized carbons (Fsp3) is 0.750. The van der Waals surface area contributed by atoms with Gasteiger partial charge in [-0.25, -0.2) is 4.79 Å². The summed E-state index contributed by atoms with van der Waals surface area (Å²) in [6.07, 6.45) is 0.636. The molecule has 1 aliphatic carbocycles. The van der Waals surface area contributed by atoms with E-state index < -0.39 is 11.5 Å². The second kappa shape index (κ2) is 3.33. The highest BCUT2D eigenvalue weighted by molar-refractivity contribution is 5.87. The minimum absolute atomic E-state index is 0.00273. The Balaban J connectivity index is 2.60. The third-order valence-electron chi connectivity index (χ3n) is 2.36. The number of aliphatic hydroxyl groups is 1. The zero-order valence-electron chi connectivity index (χ0n) is 7.41. The van der Waals surface area contributed by atoms with Crippen molar-refractivity contribution in [2.75, 3.05) is 6.61 Å². The van der Waals surface area contributed by atoms with Gasteiger partial charge in [-0.3, -0.25) is 4.79 Å². The highest BCUT2D eigenvalue weighted by Crippen LogP contribution is 2.37. The summed E-state index contributed by atoms with van der Waals surface area (Å²) in [5.41, 5.74) is -1.13. The van der Waals surface area contributed by atoms with Crippen molar-refractivity contribution >= 4 is 11.9 Å². The first-order valence-corrected chi connectivity index (χ1v) is 4.13. The van der Waals surface area contributed by atoms with E-state index in [0.717, 1.165) is 0 Å².